The van der Waals surface area contributed by atoms with Crippen LogP contribution >= 0.6 is 0 Å². The van der Waals surface area contributed by atoms with Crippen molar-refractivity contribution in [3.63, 3.8) is 0 Å². The molecule has 21 heavy (non-hydrogen) atoms. The number of rotatable bonds is 4. The molecule has 4 nitrogen and oxygen atoms in total. The normalized spacial score (nSPS) is 18.2. The molecule has 116 valence electrons. The van der Waals surface area contributed by atoms with Crippen molar-refractivity contribution in [1.29, 1.82) is 0 Å². The first kappa shape index (κ1) is 15.7. The molecule has 4 heteroatoms. The molecule has 1 aromatic rings. The number of amides is 1. The molecule has 0 unspecified atom stereocenters. The van der Waals surface area contributed by atoms with Crippen molar-refractivity contribution in [1.82, 2.24) is 5.32 Å². The lowest BCUT2D eigenvalue weighted by Crippen LogP contribution is -2.29. The molecule has 0 bridgehead atoms. The average molecular weight is 290 g/mol. The van der Waals surface area contributed by atoms with Crippen LogP contribution in [-0.2, 0) is 0 Å². The van der Waals surface area contributed by atoms with Gasteiger partial charge in [-0.05, 0) is 50.2 Å². The maximum atomic E-state index is 12.1. The zero-order valence-corrected chi connectivity index (χ0v) is 13.2. The lowest BCUT2D eigenvalue weighted by molar-refractivity contribution is 0.0898. The molecule has 3 N–H and O–H groups in total. The summed E-state index contributed by atoms with van der Waals surface area (Å²) in [6.07, 6.45) is 4.52. The highest BCUT2D eigenvalue weighted by molar-refractivity contribution is 5.97. The van der Waals surface area contributed by atoms with Gasteiger partial charge < -0.3 is 15.8 Å². The molecule has 0 aromatic heterocycles. The highest BCUT2D eigenvalue weighted by Crippen LogP contribution is 2.37. The van der Waals surface area contributed by atoms with E-state index in [1.54, 1.807) is 18.2 Å². The number of nitrogens with one attached hydrogen (secondary N) is 1. The molecule has 2 rings (SSSR count). The fourth-order valence-electron chi connectivity index (χ4n) is 2.75. The summed E-state index contributed by atoms with van der Waals surface area (Å²) in [6.45, 7) is 7.09. The first-order chi connectivity index (χ1) is 9.91. The predicted molar refractivity (Wildman–Crippen MR) is 85.5 cm³/mol. The summed E-state index contributed by atoms with van der Waals surface area (Å²) in [5.74, 6) is 0.495. The maximum absolute atomic E-state index is 12.1. The van der Waals surface area contributed by atoms with Crippen LogP contribution in [0.15, 0.2) is 18.2 Å². The van der Waals surface area contributed by atoms with Gasteiger partial charge in [-0.15, -0.1) is 0 Å². The van der Waals surface area contributed by atoms with Gasteiger partial charge in [0.05, 0.1) is 11.7 Å². The van der Waals surface area contributed by atoms with Gasteiger partial charge in [-0.1, -0.05) is 13.8 Å². The number of nitrogens with two attached hydrogens (primary N) is 1. The third-order valence-corrected chi connectivity index (χ3v) is 4.17. The van der Waals surface area contributed by atoms with Crippen LogP contribution in [0, 0.1) is 5.41 Å². The van der Waals surface area contributed by atoms with Crippen LogP contribution in [0.5, 0.6) is 5.75 Å². The Bertz CT molecular complexity index is 502. The van der Waals surface area contributed by atoms with Gasteiger partial charge in [-0.2, -0.15) is 0 Å². The van der Waals surface area contributed by atoms with E-state index < -0.39 is 0 Å². The topological polar surface area (TPSA) is 64.4 Å². The van der Waals surface area contributed by atoms with Gasteiger partial charge in [-0.3, -0.25) is 4.79 Å². The first-order valence-corrected chi connectivity index (χ1v) is 7.75. The fraction of sp³-hybridized carbons (Fsp3) is 0.588. The van der Waals surface area contributed by atoms with E-state index in [1.807, 2.05) is 6.92 Å². The van der Waals surface area contributed by atoms with Gasteiger partial charge in [0.1, 0.15) is 5.75 Å². The highest BCUT2D eigenvalue weighted by atomic mass is 16.5. The first-order valence-electron chi connectivity index (χ1n) is 7.75. The Hall–Kier alpha value is -1.71. The van der Waals surface area contributed by atoms with Gasteiger partial charge in [0.15, 0.2) is 0 Å². The molecule has 1 saturated carbocycles. The summed E-state index contributed by atoms with van der Waals surface area (Å²) in [4.78, 5) is 12.1. The van der Waals surface area contributed by atoms with Crippen LogP contribution in [0.4, 0.5) is 5.69 Å². The molecule has 1 aliphatic carbocycles. The zero-order valence-electron chi connectivity index (χ0n) is 13.2. The van der Waals surface area contributed by atoms with Crippen molar-refractivity contribution in [3.05, 3.63) is 23.8 Å². The van der Waals surface area contributed by atoms with Gasteiger partial charge in [-0.25, -0.2) is 0 Å². The lowest BCUT2D eigenvalue weighted by Gasteiger charge is -2.34. The minimum atomic E-state index is -0.108. The monoisotopic (exact) mass is 290 g/mol. The molecule has 1 aliphatic rings. The summed E-state index contributed by atoms with van der Waals surface area (Å²) >= 11 is 0. The van der Waals surface area contributed by atoms with E-state index in [1.165, 1.54) is 0 Å². The fourth-order valence-corrected chi connectivity index (χ4v) is 2.75. The number of benzene rings is 1. The standard InChI is InChI=1S/C17H26N2O2/c1-4-19-16(20)14-6-5-12(18)11-15(14)21-13-7-9-17(2,3)10-8-13/h5-6,11,13H,4,7-10,18H2,1-3H3,(H,19,20). The van der Waals surface area contributed by atoms with Crippen molar-refractivity contribution < 1.29 is 9.53 Å². The largest absolute Gasteiger partial charge is 0.490 e. The van der Waals surface area contributed by atoms with Crippen LogP contribution in [-0.4, -0.2) is 18.6 Å². The van der Waals surface area contributed by atoms with Gasteiger partial charge in [0, 0.05) is 18.3 Å². The molecular weight excluding hydrogens is 264 g/mol. The van der Waals surface area contributed by atoms with Crippen LogP contribution < -0.4 is 15.8 Å². The number of nitrogen functional groups attached to an aromatic ring is 1. The van der Waals surface area contributed by atoms with Gasteiger partial charge in [0.25, 0.3) is 5.91 Å². The molecule has 0 aliphatic heterocycles. The van der Waals surface area contributed by atoms with E-state index in [2.05, 4.69) is 19.2 Å². The average Bonchev–Trinajstić information content (AvgIpc) is 2.41. The second-order valence-electron chi connectivity index (χ2n) is 6.60. The Morgan fingerprint density at radius 1 is 1.38 bits per heavy atom. The second-order valence-corrected chi connectivity index (χ2v) is 6.60. The van der Waals surface area contributed by atoms with Gasteiger partial charge in [0.2, 0.25) is 0 Å². The summed E-state index contributed by atoms with van der Waals surface area (Å²) in [7, 11) is 0. The number of ether oxygens (including phenoxy) is 1. The minimum absolute atomic E-state index is 0.108. The van der Waals surface area contributed by atoms with E-state index >= 15 is 0 Å². The van der Waals surface area contributed by atoms with E-state index in [9.17, 15) is 4.79 Å². The molecular formula is C17H26N2O2. The van der Waals surface area contributed by atoms with Crippen molar-refractivity contribution >= 4 is 11.6 Å². The third kappa shape index (κ3) is 4.13. The molecule has 0 spiro atoms. The molecule has 0 radical (unpaired) electrons. The summed E-state index contributed by atoms with van der Waals surface area (Å²) < 4.78 is 6.09. The highest BCUT2D eigenvalue weighted by Gasteiger charge is 2.28. The molecule has 0 heterocycles. The Morgan fingerprint density at radius 3 is 2.67 bits per heavy atom. The SMILES string of the molecule is CCNC(=O)c1ccc(N)cc1OC1CCC(C)(C)CC1. The third-order valence-electron chi connectivity index (χ3n) is 4.17. The van der Waals surface area contributed by atoms with Crippen LogP contribution in [0.3, 0.4) is 0 Å². The van der Waals surface area contributed by atoms with Crippen LogP contribution in [0.1, 0.15) is 56.8 Å². The van der Waals surface area contributed by atoms with Gasteiger partial charge >= 0.3 is 0 Å². The molecule has 0 saturated heterocycles. The number of hydrogen-bond acceptors (Lipinski definition) is 3. The molecule has 1 fully saturated rings. The van der Waals surface area contributed by atoms with E-state index in [-0.39, 0.29) is 12.0 Å². The quantitative estimate of drug-likeness (QED) is 0.836. The van der Waals surface area contributed by atoms with E-state index in [0.29, 0.717) is 29.0 Å². The molecule has 1 aromatic carbocycles. The number of anilines is 1. The second kappa shape index (κ2) is 6.37. The van der Waals surface area contributed by atoms with E-state index in [4.69, 9.17) is 10.5 Å². The van der Waals surface area contributed by atoms with E-state index in [0.717, 1.165) is 25.7 Å². The van der Waals surface area contributed by atoms with Crippen LogP contribution in [0.25, 0.3) is 0 Å². The zero-order chi connectivity index (χ0) is 15.5. The predicted octanol–water partition coefficient (Wildman–Crippen LogP) is 3.37. The minimum Gasteiger partial charge on any atom is -0.490 e. The molecule has 0 atom stereocenters. The Morgan fingerprint density at radius 2 is 2.05 bits per heavy atom. The number of carbonyl (C=O) groups is 1. The summed E-state index contributed by atoms with van der Waals surface area (Å²) in [5.41, 5.74) is 7.42. The van der Waals surface area contributed by atoms with Crippen molar-refractivity contribution in [3.8, 4) is 5.75 Å². The summed E-state index contributed by atoms with van der Waals surface area (Å²) in [5, 5.41) is 2.81. The maximum Gasteiger partial charge on any atom is 0.255 e. The van der Waals surface area contributed by atoms with Crippen LogP contribution in [0.2, 0.25) is 0 Å². The Kier molecular flexibility index (Phi) is 4.76. The summed E-state index contributed by atoms with van der Waals surface area (Å²) in [6, 6.07) is 5.23. The van der Waals surface area contributed by atoms with Crippen molar-refractivity contribution in [2.24, 2.45) is 5.41 Å². The lowest BCUT2D eigenvalue weighted by atomic mass is 9.76. The molecule has 1 amide bonds. The smallest absolute Gasteiger partial charge is 0.255 e. The number of hydrogen-bond donors (Lipinski definition) is 2. The van der Waals surface area contributed by atoms with Crippen molar-refractivity contribution in [2.75, 3.05) is 12.3 Å². The van der Waals surface area contributed by atoms with Crippen molar-refractivity contribution in [2.45, 2.75) is 52.6 Å². The Balaban J connectivity index is 2.12. The Labute approximate surface area is 127 Å². The number of carbonyl (C=O) groups excluding carboxylic acids is 1.